The molecule has 1 aliphatic heterocycles. The molecule has 2 aromatic carbocycles. The van der Waals surface area contributed by atoms with Gasteiger partial charge in [-0.2, -0.15) is 0 Å². The summed E-state index contributed by atoms with van der Waals surface area (Å²) in [6.07, 6.45) is 1.11. The second kappa shape index (κ2) is 9.43. The van der Waals surface area contributed by atoms with Gasteiger partial charge < -0.3 is 14.2 Å². The summed E-state index contributed by atoms with van der Waals surface area (Å²) in [5.74, 6) is 0.529. The lowest BCUT2D eigenvalue weighted by Gasteiger charge is -2.26. The molecule has 3 aromatic rings. The average Bonchev–Trinajstić information content (AvgIpc) is 3.22. The van der Waals surface area contributed by atoms with Gasteiger partial charge in [-0.25, -0.2) is 9.78 Å². The molecular formula is C26H29NO4S. The number of hydrogen-bond acceptors (Lipinski definition) is 6. The molecule has 0 radical (unpaired) electrons. The highest BCUT2D eigenvalue weighted by Crippen LogP contribution is 2.42. The molecule has 1 aliphatic rings. The minimum Gasteiger partial charge on any atom is -0.493 e. The zero-order valence-electron chi connectivity index (χ0n) is 19.0. The van der Waals surface area contributed by atoms with Crippen LogP contribution in [0.1, 0.15) is 50.7 Å². The summed E-state index contributed by atoms with van der Waals surface area (Å²) < 4.78 is 17.4. The van der Waals surface area contributed by atoms with Gasteiger partial charge in [-0.3, -0.25) is 0 Å². The molecule has 1 aromatic heterocycles. The summed E-state index contributed by atoms with van der Waals surface area (Å²) in [7, 11) is 0. The first-order valence-electron chi connectivity index (χ1n) is 11.0. The molecule has 2 heterocycles. The summed E-state index contributed by atoms with van der Waals surface area (Å²) in [6.45, 7) is 8.66. The number of benzene rings is 2. The van der Waals surface area contributed by atoms with E-state index in [0.717, 1.165) is 51.9 Å². The van der Waals surface area contributed by atoms with E-state index in [4.69, 9.17) is 19.2 Å². The predicted molar refractivity (Wildman–Crippen MR) is 127 cm³/mol. The number of thiazole rings is 1. The highest BCUT2D eigenvalue weighted by molar-refractivity contribution is 7.15. The van der Waals surface area contributed by atoms with Crippen molar-refractivity contribution in [2.75, 3.05) is 13.2 Å². The molecule has 32 heavy (non-hydrogen) atoms. The number of fused-ring (bicyclic) bond motifs is 1. The number of hydrogen-bond donors (Lipinski definition) is 0. The Kier molecular flexibility index (Phi) is 6.63. The lowest BCUT2D eigenvalue weighted by atomic mass is 10.0. The largest absolute Gasteiger partial charge is 0.493 e. The van der Waals surface area contributed by atoms with Gasteiger partial charge in [0.15, 0.2) is 6.10 Å². The quantitative estimate of drug-likeness (QED) is 0.416. The first kappa shape index (κ1) is 22.5. The van der Waals surface area contributed by atoms with Gasteiger partial charge in [-0.1, -0.05) is 30.3 Å². The first-order valence-corrected chi connectivity index (χ1v) is 11.8. The number of aromatic nitrogens is 1. The number of esters is 1. The van der Waals surface area contributed by atoms with Crippen LogP contribution in [0.15, 0.2) is 48.5 Å². The molecule has 0 bridgehead atoms. The van der Waals surface area contributed by atoms with Crippen LogP contribution >= 0.6 is 11.3 Å². The first-order chi connectivity index (χ1) is 15.4. The van der Waals surface area contributed by atoms with E-state index >= 15 is 0 Å². The minimum atomic E-state index is -0.854. The van der Waals surface area contributed by atoms with E-state index in [1.54, 1.807) is 6.92 Å². The number of aryl methyl sites for hydroxylation is 1. The number of rotatable bonds is 6. The minimum absolute atomic E-state index is 0.290. The van der Waals surface area contributed by atoms with Crippen LogP contribution < -0.4 is 4.74 Å². The fourth-order valence-electron chi connectivity index (χ4n) is 3.71. The standard InChI is InChI=1S/C26H29NO4S/c1-5-29-25(28)22(31-26(2,3)4)23-21(27-24(32-23)17-10-7-6-8-11-17)19-13-14-20-18(16-19)12-9-15-30-20/h6-8,10-11,13-14,16,22H,5,9,12,15H2,1-4H3. The molecule has 0 saturated carbocycles. The lowest BCUT2D eigenvalue weighted by Crippen LogP contribution is -2.28. The maximum Gasteiger partial charge on any atom is 0.340 e. The van der Waals surface area contributed by atoms with Crippen molar-refractivity contribution in [1.82, 2.24) is 4.98 Å². The van der Waals surface area contributed by atoms with Crippen LogP contribution in [0.2, 0.25) is 0 Å². The van der Waals surface area contributed by atoms with E-state index in [1.165, 1.54) is 16.9 Å². The van der Waals surface area contributed by atoms with Crippen molar-refractivity contribution < 1.29 is 19.0 Å². The summed E-state index contributed by atoms with van der Waals surface area (Å²) in [5.41, 5.74) is 3.34. The van der Waals surface area contributed by atoms with Gasteiger partial charge >= 0.3 is 5.97 Å². The van der Waals surface area contributed by atoms with Crippen LogP contribution in [0.3, 0.4) is 0 Å². The second-order valence-electron chi connectivity index (χ2n) is 8.73. The van der Waals surface area contributed by atoms with Crippen molar-refractivity contribution in [2.45, 2.75) is 52.2 Å². The highest BCUT2D eigenvalue weighted by Gasteiger charge is 2.33. The van der Waals surface area contributed by atoms with Gasteiger partial charge in [0.1, 0.15) is 10.8 Å². The Balaban J connectivity index is 1.85. The fraction of sp³-hybridized carbons (Fsp3) is 0.385. The van der Waals surface area contributed by atoms with Gasteiger partial charge in [0.25, 0.3) is 0 Å². The fourth-order valence-corrected chi connectivity index (χ4v) is 4.82. The van der Waals surface area contributed by atoms with Gasteiger partial charge in [0.05, 0.1) is 29.4 Å². The van der Waals surface area contributed by atoms with Crippen LogP contribution in [-0.4, -0.2) is 29.8 Å². The van der Waals surface area contributed by atoms with E-state index in [9.17, 15) is 4.79 Å². The Morgan fingerprint density at radius 2 is 1.94 bits per heavy atom. The third kappa shape index (κ3) is 5.03. The second-order valence-corrected chi connectivity index (χ2v) is 9.77. The topological polar surface area (TPSA) is 57.7 Å². The van der Waals surface area contributed by atoms with Crippen LogP contribution in [0.25, 0.3) is 21.8 Å². The third-order valence-corrected chi connectivity index (χ3v) is 6.21. The molecule has 1 atom stereocenters. The van der Waals surface area contributed by atoms with Gasteiger partial charge in [-0.15, -0.1) is 11.3 Å². The molecule has 0 saturated heterocycles. The predicted octanol–water partition coefficient (Wildman–Crippen LogP) is 6.22. The normalized spacial score (nSPS) is 14.4. The van der Waals surface area contributed by atoms with Crippen molar-refractivity contribution in [2.24, 2.45) is 0 Å². The van der Waals surface area contributed by atoms with Gasteiger partial charge in [-0.05, 0) is 64.3 Å². The lowest BCUT2D eigenvalue weighted by molar-refractivity contribution is -0.166. The Morgan fingerprint density at radius 1 is 1.16 bits per heavy atom. The Bertz CT molecular complexity index is 1080. The van der Waals surface area contributed by atoms with Crippen LogP contribution in [-0.2, 0) is 20.7 Å². The smallest absolute Gasteiger partial charge is 0.340 e. The number of nitrogens with zero attached hydrogens (tertiary/aromatic N) is 1. The van der Waals surface area contributed by atoms with Crippen LogP contribution in [0.5, 0.6) is 5.75 Å². The summed E-state index contributed by atoms with van der Waals surface area (Å²) in [4.78, 5) is 18.7. The molecule has 6 heteroatoms. The third-order valence-electron chi connectivity index (χ3n) is 5.07. The van der Waals surface area contributed by atoms with Gasteiger partial charge in [0, 0.05) is 11.1 Å². The molecule has 4 rings (SSSR count). The number of ether oxygens (including phenoxy) is 3. The number of carbonyl (C=O) groups is 1. The maximum absolute atomic E-state index is 13.0. The van der Waals surface area contributed by atoms with Crippen LogP contribution in [0, 0.1) is 0 Å². The molecule has 0 fully saturated rings. The molecule has 168 valence electrons. The van der Waals surface area contributed by atoms with Crippen LogP contribution in [0.4, 0.5) is 0 Å². The zero-order valence-corrected chi connectivity index (χ0v) is 19.8. The number of carbonyl (C=O) groups excluding carboxylic acids is 1. The molecular weight excluding hydrogens is 422 g/mol. The zero-order chi connectivity index (χ0) is 22.7. The maximum atomic E-state index is 13.0. The molecule has 1 unspecified atom stereocenters. The Hall–Kier alpha value is -2.70. The van der Waals surface area contributed by atoms with E-state index in [-0.39, 0.29) is 0 Å². The van der Waals surface area contributed by atoms with Crippen molar-refractivity contribution in [1.29, 1.82) is 0 Å². The van der Waals surface area contributed by atoms with Crippen molar-refractivity contribution in [3.63, 3.8) is 0 Å². The van der Waals surface area contributed by atoms with E-state index in [2.05, 4.69) is 6.07 Å². The summed E-state index contributed by atoms with van der Waals surface area (Å²) in [5, 5.41) is 0.844. The summed E-state index contributed by atoms with van der Waals surface area (Å²) >= 11 is 1.48. The molecule has 0 amide bonds. The molecule has 0 aliphatic carbocycles. The molecule has 0 N–H and O–H groups in total. The van der Waals surface area contributed by atoms with E-state index in [0.29, 0.717) is 6.61 Å². The van der Waals surface area contributed by atoms with Crippen molar-refractivity contribution in [3.05, 3.63) is 59.0 Å². The highest BCUT2D eigenvalue weighted by atomic mass is 32.1. The van der Waals surface area contributed by atoms with E-state index in [1.807, 2.05) is 63.2 Å². The monoisotopic (exact) mass is 451 g/mol. The molecule has 0 spiro atoms. The Morgan fingerprint density at radius 3 is 2.66 bits per heavy atom. The average molecular weight is 452 g/mol. The van der Waals surface area contributed by atoms with E-state index < -0.39 is 17.7 Å². The van der Waals surface area contributed by atoms with Crippen molar-refractivity contribution >= 4 is 17.3 Å². The van der Waals surface area contributed by atoms with Gasteiger partial charge in [0.2, 0.25) is 0 Å². The molecule has 5 nitrogen and oxygen atoms in total. The SMILES string of the molecule is CCOC(=O)C(OC(C)(C)C)c1sc(-c2ccccc2)nc1-c1ccc2c(c1)CCCO2. The Labute approximate surface area is 193 Å². The van der Waals surface area contributed by atoms with Crippen molar-refractivity contribution in [3.8, 4) is 27.6 Å². The summed E-state index contributed by atoms with van der Waals surface area (Å²) in [6, 6.07) is 16.1.